The molecule has 2 amide bonds. The number of nitrogens with zero attached hydrogens (tertiary/aromatic N) is 2. The Kier molecular flexibility index (Phi) is 11.2. The van der Waals surface area contributed by atoms with Crippen LogP contribution in [0.5, 0.6) is 0 Å². The van der Waals surface area contributed by atoms with Crippen LogP contribution < -0.4 is 9.62 Å². The van der Waals surface area contributed by atoms with E-state index in [1.165, 1.54) is 35.2 Å². The number of amides is 2. The van der Waals surface area contributed by atoms with Crippen molar-refractivity contribution < 1.29 is 31.2 Å². The van der Waals surface area contributed by atoms with Gasteiger partial charge < -0.3 is 10.2 Å². The molecule has 0 saturated heterocycles. The molecule has 48 heavy (non-hydrogen) atoms. The highest BCUT2D eigenvalue weighted by molar-refractivity contribution is 7.92. The molecular formula is C37H38F3N3O4S. The van der Waals surface area contributed by atoms with E-state index in [0.29, 0.717) is 15.9 Å². The second kappa shape index (κ2) is 15.5. The van der Waals surface area contributed by atoms with Crippen molar-refractivity contribution in [2.45, 2.75) is 68.2 Å². The summed E-state index contributed by atoms with van der Waals surface area (Å²) in [6.45, 7) is -0.871. The van der Waals surface area contributed by atoms with Crippen molar-refractivity contribution in [2.75, 3.05) is 10.8 Å². The van der Waals surface area contributed by atoms with Gasteiger partial charge in [0.05, 0.1) is 16.1 Å². The fourth-order valence-electron chi connectivity index (χ4n) is 5.96. The number of sulfonamides is 1. The largest absolute Gasteiger partial charge is 0.416 e. The summed E-state index contributed by atoms with van der Waals surface area (Å²) in [6, 6.07) is 28.2. The second-order valence-corrected chi connectivity index (χ2v) is 13.8. The third kappa shape index (κ3) is 8.83. The van der Waals surface area contributed by atoms with Gasteiger partial charge in [-0.05, 0) is 54.3 Å². The smallest absolute Gasteiger partial charge is 0.352 e. The first-order valence-corrected chi connectivity index (χ1v) is 17.4. The van der Waals surface area contributed by atoms with Crippen LogP contribution in [0.1, 0.15) is 48.8 Å². The first-order chi connectivity index (χ1) is 23.0. The molecule has 1 N–H and O–H groups in total. The Morgan fingerprint density at radius 1 is 0.771 bits per heavy atom. The van der Waals surface area contributed by atoms with Gasteiger partial charge in [0, 0.05) is 19.0 Å². The maximum Gasteiger partial charge on any atom is 0.416 e. The molecule has 0 heterocycles. The molecule has 1 fully saturated rings. The lowest BCUT2D eigenvalue weighted by Crippen LogP contribution is -2.55. The Balaban J connectivity index is 1.57. The molecule has 0 spiro atoms. The van der Waals surface area contributed by atoms with Gasteiger partial charge in [-0.15, -0.1) is 0 Å². The van der Waals surface area contributed by atoms with E-state index in [2.05, 4.69) is 5.32 Å². The van der Waals surface area contributed by atoms with E-state index in [9.17, 15) is 31.2 Å². The standard InChI is InChI=1S/C37H38F3N3O4S/c38-37(39,40)30-18-13-21-32(25-30)43(48(46,47)33-22-11-4-12-23-33)27-35(44)42(26-29-16-7-2-8-17-29)34(24-28-14-5-1-6-15-28)36(45)41-31-19-9-3-10-20-31/h1-2,4-8,11-18,21-23,25,31,34H,3,9-10,19-20,24,26-27H2,(H,41,45). The van der Waals surface area contributed by atoms with Crippen LogP contribution in [0.25, 0.3) is 0 Å². The number of halogens is 3. The van der Waals surface area contributed by atoms with Crippen LogP contribution in [-0.4, -0.2) is 43.8 Å². The summed E-state index contributed by atoms with van der Waals surface area (Å²) in [5.41, 5.74) is 0.105. The SMILES string of the molecule is O=C(NC1CCCCC1)C(Cc1ccccc1)N(Cc1ccccc1)C(=O)CN(c1cccc(C(F)(F)F)c1)S(=O)(=O)c1ccccc1. The third-order valence-electron chi connectivity index (χ3n) is 8.49. The van der Waals surface area contributed by atoms with Gasteiger partial charge in [0.15, 0.2) is 0 Å². The molecular weight excluding hydrogens is 639 g/mol. The normalized spacial score (nSPS) is 14.6. The second-order valence-electron chi connectivity index (χ2n) is 11.9. The Labute approximate surface area is 279 Å². The van der Waals surface area contributed by atoms with Crippen molar-refractivity contribution in [1.29, 1.82) is 0 Å². The minimum atomic E-state index is -4.75. The fraction of sp³-hybridized carbons (Fsp3) is 0.297. The van der Waals surface area contributed by atoms with Crippen LogP contribution in [0, 0.1) is 0 Å². The average Bonchev–Trinajstić information content (AvgIpc) is 3.10. The molecule has 0 radical (unpaired) electrons. The van der Waals surface area contributed by atoms with Crippen molar-refractivity contribution in [1.82, 2.24) is 10.2 Å². The number of rotatable bonds is 12. The lowest BCUT2D eigenvalue weighted by molar-refractivity contribution is -0.140. The van der Waals surface area contributed by atoms with E-state index >= 15 is 0 Å². The fourth-order valence-corrected chi connectivity index (χ4v) is 7.39. The first kappa shape index (κ1) is 34.7. The van der Waals surface area contributed by atoms with Crippen LogP contribution in [0.4, 0.5) is 18.9 Å². The minimum Gasteiger partial charge on any atom is -0.352 e. The molecule has 0 bridgehead atoms. The number of anilines is 1. The highest BCUT2D eigenvalue weighted by Crippen LogP contribution is 2.33. The van der Waals surface area contributed by atoms with Gasteiger partial charge in [0.25, 0.3) is 10.0 Å². The summed E-state index contributed by atoms with van der Waals surface area (Å²) < 4.78 is 70.2. The predicted molar refractivity (Wildman–Crippen MR) is 178 cm³/mol. The molecule has 1 unspecified atom stereocenters. The molecule has 252 valence electrons. The van der Waals surface area contributed by atoms with Crippen molar-refractivity contribution in [3.05, 3.63) is 132 Å². The van der Waals surface area contributed by atoms with Gasteiger partial charge in [0.1, 0.15) is 12.6 Å². The molecule has 1 saturated carbocycles. The zero-order valence-corrected chi connectivity index (χ0v) is 27.2. The summed E-state index contributed by atoms with van der Waals surface area (Å²) in [5.74, 6) is -1.11. The van der Waals surface area contributed by atoms with Crippen molar-refractivity contribution in [2.24, 2.45) is 0 Å². The van der Waals surface area contributed by atoms with Crippen LogP contribution in [-0.2, 0) is 38.8 Å². The quantitative estimate of drug-likeness (QED) is 0.175. The molecule has 0 aliphatic heterocycles. The Hall–Kier alpha value is -4.64. The molecule has 4 aromatic carbocycles. The molecule has 5 rings (SSSR count). The number of hydrogen-bond donors (Lipinski definition) is 1. The van der Waals surface area contributed by atoms with Crippen LogP contribution in [0.3, 0.4) is 0 Å². The van der Waals surface area contributed by atoms with Gasteiger partial charge in [-0.25, -0.2) is 8.42 Å². The zero-order chi connectivity index (χ0) is 34.1. The maximum absolute atomic E-state index is 14.5. The first-order valence-electron chi connectivity index (χ1n) is 15.9. The summed E-state index contributed by atoms with van der Waals surface area (Å²) >= 11 is 0. The van der Waals surface area contributed by atoms with Crippen LogP contribution in [0.2, 0.25) is 0 Å². The number of carbonyl (C=O) groups excluding carboxylic acids is 2. The maximum atomic E-state index is 14.5. The van der Waals surface area contributed by atoms with Gasteiger partial charge in [-0.1, -0.05) is 104 Å². The van der Waals surface area contributed by atoms with Gasteiger partial charge in [-0.3, -0.25) is 13.9 Å². The van der Waals surface area contributed by atoms with Gasteiger partial charge in [0.2, 0.25) is 11.8 Å². The number of carbonyl (C=O) groups is 2. The van der Waals surface area contributed by atoms with Crippen molar-refractivity contribution in [3.63, 3.8) is 0 Å². The third-order valence-corrected chi connectivity index (χ3v) is 10.3. The topological polar surface area (TPSA) is 86.8 Å². The van der Waals surface area contributed by atoms with Gasteiger partial charge >= 0.3 is 6.18 Å². The molecule has 1 aliphatic rings. The number of hydrogen-bond acceptors (Lipinski definition) is 4. The summed E-state index contributed by atoms with van der Waals surface area (Å²) in [7, 11) is -4.53. The highest BCUT2D eigenvalue weighted by Gasteiger charge is 2.37. The van der Waals surface area contributed by atoms with Crippen molar-refractivity contribution in [3.8, 4) is 0 Å². The molecule has 0 aromatic heterocycles. The molecule has 11 heteroatoms. The lowest BCUT2D eigenvalue weighted by atomic mass is 9.94. The summed E-state index contributed by atoms with van der Waals surface area (Å²) in [5, 5.41) is 3.14. The van der Waals surface area contributed by atoms with E-state index < -0.39 is 40.3 Å². The van der Waals surface area contributed by atoms with E-state index in [-0.39, 0.29) is 35.5 Å². The van der Waals surface area contributed by atoms with Crippen LogP contribution in [0.15, 0.2) is 120 Å². The summed E-state index contributed by atoms with van der Waals surface area (Å²) in [6.07, 6.45) is 0.0604. The number of benzene rings is 4. The highest BCUT2D eigenvalue weighted by atomic mass is 32.2. The van der Waals surface area contributed by atoms with Crippen LogP contribution >= 0.6 is 0 Å². The number of alkyl halides is 3. The van der Waals surface area contributed by atoms with Gasteiger partial charge in [-0.2, -0.15) is 13.2 Å². The molecule has 7 nitrogen and oxygen atoms in total. The monoisotopic (exact) mass is 677 g/mol. The van der Waals surface area contributed by atoms with E-state index in [4.69, 9.17) is 0 Å². The number of nitrogens with one attached hydrogen (secondary N) is 1. The van der Waals surface area contributed by atoms with E-state index in [1.807, 2.05) is 36.4 Å². The zero-order valence-electron chi connectivity index (χ0n) is 26.4. The summed E-state index contributed by atoms with van der Waals surface area (Å²) in [4.78, 5) is 29.8. The van der Waals surface area contributed by atoms with E-state index in [0.717, 1.165) is 49.8 Å². The van der Waals surface area contributed by atoms with E-state index in [1.54, 1.807) is 30.3 Å². The Morgan fingerprint density at radius 2 is 1.35 bits per heavy atom. The molecule has 1 atom stereocenters. The molecule has 1 aliphatic carbocycles. The van der Waals surface area contributed by atoms with Crippen molar-refractivity contribution >= 4 is 27.5 Å². The Morgan fingerprint density at radius 3 is 1.96 bits per heavy atom. The average molecular weight is 678 g/mol. The lowest BCUT2D eigenvalue weighted by Gasteiger charge is -2.35. The predicted octanol–water partition coefficient (Wildman–Crippen LogP) is 6.99. The minimum absolute atomic E-state index is 0.0307. The Bertz CT molecular complexity index is 1770. The molecule has 4 aromatic rings.